The second-order valence-electron chi connectivity index (χ2n) is 6.24. The second kappa shape index (κ2) is 2.67. The van der Waals surface area contributed by atoms with Gasteiger partial charge in [-0.2, -0.15) is 0 Å². The molecule has 4 bridgehead atoms. The molecule has 3 saturated carbocycles. The van der Waals surface area contributed by atoms with Gasteiger partial charge in [0.2, 0.25) is 0 Å². The average molecular weight is 206 g/mol. The molecule has 4 aliphatic rings. The van der Waals surface area contributed by atoms with Crippen LogP contribution in [-0.2, 0) is 0 Å². The van der Waals surface area contributed by atoms with Crippen molar-refractivity contribution >= 4 is 0 Å². The first kappa shape index (κ1) is 8.78. The molecule has 6 atom stereocenters. The van der Waals surface area contributed by atoms with Crippen molar-refractivity contribution in [3.8, 4) is 0 Å². The molecule has 6 unspecified atom stereocenters. The van der Waals surface area contributed by atoms with Gasteiger partial charge in [-0.15, -0.1) is 0 Å². The summed E-state index contributed by atoms with van der Waals surface area (Å²) in [6, 6.07) is 0. The van der Waals surface area contributed by atoms with E-state index in [-0.39, 0.29) is 6.67 Å². The van der Waals surface area contributed by atoms with E-state index in [1.807, 2.05) is 0 Å². The average Bonchev–Trinajstić information content (AvgIpc) is 2.96. The number of hydrogen-bond donors (Lipinski definition) is 0. The van der Waals surface area contributed by atoms with Crippen molar-refractivity contribution in [3.63, 3.8) is 0 Å². The lowest BCUT2D eigenvalue weighted by Gasteiger charge is -2.45. The Morgan fingerprint density at radius 2 is 2.13 bits per heavy atom. The Morgan fingerprint density at radius 3 is 3.00 bits per heavy atom. The Morgan fingerprint density at radius 1 is 1.20 bits per heavy atom. The van der Waals surface area contributed by atoms with E-state index in [1.54, 1.807) is 0 Å². The van der Waals surface area contributed by atoms with Crippen molar-refractivity contribution in [2.75, 3.05) is 6.67 Å². The highest BCUT2D eigenvalue weighted by molar-refractivity contribution is 5.25. The zero-order valence-electron chi connectivity index (χ0n) is 9.16. The normalized spacial score (nSPS) is 59.1. The van der Waals surface area contributed by atoms with E-state index < -0.39 is 0 Å². The molecule has 1 heteroatoms. The molecule has 0 nitrogen and oxygen atoms in total. The Hall–Kier alpha value is -0.330. The minimum atomic E-state index is -0.0865. The summed E-state index contributed by atoms with van der Waals surface area (Å²) in [4.78, 5) is 0. The van der Waals surface area contributed by atoms with E-state index in [0.717, 1.165) is 36.0 Å². The molecule has 0 spiro atoms. The van der Waals surface area contributed by atoms with Crippen molar-refractivity contribution in [2.24, 2.45) is 35.0 Å². The highest BCUT2D eigenvalue weighted by atomic mass is 19.1. The van der Waals surface area contributed by atoms with Crippen LogP contribution < -0.4 is 0 Å². The number of hydrogen-bond acceptors (Lipinski definition) is 0. The molecule has 15 heavy (non-hydrogen) atoms. The summed E-state index contributed by atoms with van der Waals surface area (Å²) in [5.74, 6) is 4.29. The summed E-state index contributed by atoms with van der Waals surface area (Å²) < 4.78 is 12.9. The van der Waals surface area contributed by atoms with Gasteiger partial charge in [0.05, 0.1) is 6.67 Å². The van der Waals surface area contributed by atoms with E-state index in [2.05, 4.69) is 12.2 Å². The van der Waals surface area contributed by atoms with Gasteiger partial charge in [0.1, 0.15) is 0 Å². The highest BCUT2D eigenvalue weighted by Gasteiger charge is 2.66. The predicted octanol–water partition coefficient (Wildman–Crippen LogP) is 3.58. The topological polar surface area (TPSA) is 0 Å². The van der Waals surface area contributed by atoms with E-state index in [9.17, 15) is 4.39 Å². The molecule has 0 radical (unpaired) electrons. The zero-order chi connectivity index (χ0) is 10.0. The first-order valence-electron chi connectivity index (χ1n) is 6.60. The van der Waals surface area contributed by atoms with Crippen LogP contribution in [0.1, 0.15) is 32.1 Å². The Labute approximate surface area is 90.9 Å². The van der Waals surface area contributed by atoms with Crippen LogP contribution in [-0.4, -0.2) is 6.67 Å². The molecule has 0 aromatic heterocycles. The molecule has 0 aliphatic heterocycles. The van der Waals surface area contributed by atoms with E-state index >= 15 is 0 Å². The van der Waals surface area contributed by atoms with Crippen molar-refractivity contribution in [1.82, 2.24) is 0 Å². The van der Waals surface area contributed by atoms with Crippen LogP contribution in [0.25, 0.3) is 0 Å². The molecule has 4 rings (SSSR count). The number of fused-ring (bicyclic) bond motifs is 9. The molecule has 4 aliphatic carbocycles. The van der Waals surface area contributed by atoms with E-state index in [0.29, 0.717) is 5.41 Å². The predicted molar refractivity (Wildman–Crippen MR) is 58.1 cm³/mol. The summed E-state index contributed by atoms with van der Waals surface area (Å²) in [5.41, 5.74) is 0.428. The van der Waals surface area contributed by atoms with Gasteiger partial charge in [0.15, 0.2) is 0 Å². The third-order valence-corrected chi connectivity index (χ3v) is 6.16. The van der Waals surface area contributed by atoms with Gasteiger partial charge in [0, 0.05) is 0 Å². The van der Waals surface area contributed by atoms with Crippen molar-refractivity contribution in [3.05, 3.63) is 12.2 Å². The quantitative estimate of drug-likeness (QED) is 0.478. The number of alkyl halides is 1. The van der Waals surface area contributed by atoms with Crippen LogP contribution >= 0.6 is 0 Å². The van der Waals surface area contributed by atoms with Crippen molar-refractivity contribution in [2.45, 2.75) is 32.1 Å². The van der Waals surface area contributed by atoms with Crippen LogP contribution in [0.5, 0.6) is 0 Å². The Bertz CT molecular complexity index is 321. The van der Waals surface area contributed by atoms with Crippen LogP contribution in [0.2, 0.25) is 0 Å². The summed E-state index contributed by atoms with van der Waals surface area (Å²) in [7, 11) is 0. The summed E-state index contributed by atoms with van der Waals surface area (Å²) in [5, 5.41) is 0. The first-order valence-corrected chi connectivity index (χ1v) is 6.60. The molecule has 0 aromatic carbocycles. The van der Waals surface area contributed by atoms with Crippen LogP contribution in [0, 0.1) is 35.0 Å². The molecule has 3 fully saturated rings. The Balaban J connectivity index is 1.81. The third-order valence-electron chi connectivity index (χ3n) is 6.16. The van der Waals surface area contributed by atoms with E-state index in [1.165, 1.54) is 25.7 Å². The number of rotatable bonds is 2. The fraction of sp³-hybridized carbons (Fsp3) is 0.857. The molecule has 0 N–H and O–H groups in total. The van der Waals surface area contributed by atoms with Crippen molar-refractivity contribution in [1.29, 1.82) is 0 Å². The van der Waals surface area contributed by atoms with Gasteiger partial charge in [-0.05, 0) is 67.1 Å². The maximum absolute atomic E-state index is 12.9. The smallest absolute Gasteiger partial charge is 0.0900 e. The van der Waals surface area contributed by atoms with Crippen LogP contribution in [0.3, 0.4) is 0 Å². The standard InChI is InChI=1S/C14H19F/c15-6-5-14-11-3-1-9(7-11)13(14)10-2-4-12(14)8-10/h1,3,9-13H,2,4-8H2. The molecular formula is C14H19F. The fourth-order valence-corrected chi connectivity index (χ4v) is 5.95. The Kier molecular flexibility index (Phi) is 1.56. The molecule has 0 amide bonds. The maximum Gasteiger partial charge on any atom is 0.0900 e. The highest BCUT2D eigenvalue weighted by Crippen LogP contribution is 2.73. The van der Waals surface area contributed by atoms with E-state index in [4.69, 9.17) is 0 Å². The van der Waals surface area contributed by atoms with Gasteiger partial charge < -0.3 is 0 Å². The van der Waals surface area contributed by atoms with Gasteiger partial charge in [-0.25, -0.2) is 0 Å². The second-order valence-corrected chi connectivity index (χ2v) is 6.24. The summed E-state index contributed by atoms with van der Waals surface area (Å²) in [6.07, 6.45) is 11.4. The third kappa shape index (κ3) is 0.819. The SMILES string of the molecule is FCCC12C3C=CC(C3)C1C1CCC2C1. The zero-order valence-corrected chi connectivity index (χ0v) is 9.16. The fourth-order valence-electron chi connectivity index (χ4n) is 5.95. The molecule has 0 aromatic rings. The largest absolute Gasteiger partial charge is 0.251 e. The van der Waals surface area contributed by atoms with Crippen LogP contribution in [0.15, 0.2) is 12.2 Å². The van der Waals surface area contributed by atoms with Gasteiger partial charge in [0.25, 0.3) is 0 Å². The number of allylic oxidation sites excluding steroid dienone is 2. The minimum Gasteiger partial charge on any atom is -0.251 e. The van der Waals surface area contributed by atoms with Gasteiger partial charge in [-0.1, -0.05) is 12.2 Å². The van der Waals surface area contributed by atoms with Crippen molar-refractivity contribution < 1.29 is 4.39 Å². The maximum atomic E-state index is 12.9. The summed E-state index contributed by atoms with van der Waals surface area (Å²) in [6.45, 7) is -0.0865. The lowest BCUT2D eigenvalue weighted by molar-refractivity contribution is 0.0459. The molecule has 0 saturated heterocycles. The van der Waals surface area contributed by atoms with Gasteiger partial charge >= 0.3 is 0 Å². The molecule has 0 heterocycles. The lowest BCUT2D eigenvalue weighted by atomic mass is 9.59. The summed E-state index contributed by atoms with van der Waals surface area (Å²) >= 11 is 0. The molecule has 82 valence electrons. The minimum absolute atomic E-state index is 0.0865. The monoisotopic (exact) mass is 206 g/mol. The van der Waals surface area contributed by atoms with Gasteiger partial charge in [-0.3, -0.25) is 4.39 Å². The lowest BCUT2D eigenvalue weighted by Crippen LogP contribution is -2.40. The molecular weight excluding hydrogens is 187 g/mol. The first-order chi connectivity index (χ1) is 7.36. The number of halogens is 1. The van der Waals surface area contributed by atoms with Crippen LogP contribution in [0.4, 0.5) is 4.39 Å².